The molecular formula is C22H28IN3O5S. The molecule has 2 rings (SSSR count). The van der Waals surface area contributed by atoms with Gasteiger partial charge in [0.15, 0.2) is 11.5 Å². The van der Waals surface area contributed by atoms with Gasteiger partial charge in [-0.2, -0.15) is 9.82 Å². The number of benzene rings is 2. The quantitative estimate of drug-likeness (QED) is 0.229. The SMILES string of the molecule is CCOc1cc(/C=N\NC(=O)[C@H](CC(C)C)NS(=O)(=O)c2ccc(C)cc2)cc(I)c1O. The normalized spacial score (nSPS) is 12.8. The molecule has 2 aromatic rings. The van der Waals surface area contributed by atoms with Gasteiger partial charge in [0.25, 0.3) is 5.91 Å². The largest absolute Gasteiger partial charge is 0.504 e. The monoisotopic (exact) mass is 573 g/mol. The van der Waals surface area contributed by atoms with E-state index in [4.69, 9.17) is 4.74 Å². The van der Waals surface area contributed by atoms with Crippen molar-refractivity contribution in [3.05, 3.63) is 51.1 Å². The Morgan fingerprint density at radius 2 is 1.91 bits per heavy atom. The fourth-order valence-corrected chi connectivity index (χ4v) is 4.67. The number of carbonyl (C=O) groups is 1. The highest BCUT2D eigenvalue weighted by Crippen LogP contribution is 2.32. The Bertz CT molecular complexity index is 1070. The molecule has 0 saturated heterocycles. The third kappa shape index (κ3) is 7.45. The molecule has 0 unspecified atom stereocenters. The van der Waals surface area contributed by atoms with Gasteiger partial charge in [0, 0.05) is 0 Å². The lowest BCUT2D eigenvalue weighted by Crippen LogP contribution is -2.46. The van der Waals surface area contributed by atoms with Crippen molar-refractivity contribution in [3.8, 4) is 11.5 Å². The second-order valence-electron chi connectivity index (χ2n) is 7.63. The maximum absolute atomic E-state index is 12.7. The van der Waals surface area contributed by atoms with E-state index in [1.165, 1.54) is 18.3 Å². The zero-order chi connectivity index (χ0) is 23.9. The third-order valence-corrected chi connectivity index (χ3v) is 6.70. The fraction of sp³-hybridized carbons (Fsp3) is 0.364. The molecule has 8 nitrogen and oxygen atoms in total. The predicted octanol–water partition coefficient (Wildman–Crippen LogP) is 3.55. The first-order valence-corrected chi connectivity index (χ1v) is 12.7. The number of hydrogen-bond donors (Lipinski definition) is 3. The van der Waals surface area contributed by atoms with Gasteiger partial charge in [0.1, 0.15) is 6.04 Å². The van der Waals surface area contributed by atoms with Crippen LogP contribution in [0, 0.1) is 16.4 Å². The number of carbonyl (C=O) groups excluding carboxylic acids is 1. The lowest BCUT2D eigenvalue weighted by Gasteiger charge is -2.19. The van der Waals surface area contributed by atoms with Crippen molar-refractivity contribution in [1.29, 1.82) is 0 Å². The highest BCUT2D eigenvalue weighted by atomic mass is 127. The molecule has 0 heterocycles. The van der Waals surface area contributed by atoms with Gasteiger partial charge in [-0.25, -0.2) is 13.8 Å². The van der Waals surface area contributed by atoms with Crippen molar-refractivity contribution in [2.24, 2.45) is 11.0 Å². The standard InChI is InChI=1S/C22H28IN3O5S/c1-5-31-20-12-16(11-18(23)21(20)27)13-24-25-22(28)19(10-14(2)3)26-32(29,30)17-8-6-15(4)7-9-17/h6-9,11-14,19,26-27H,5,10H2,1-4H3,(H,25,28)/b24-13-/t19-/m0/s1. The Hall–Kier alpha value is -2.18. The molecule has 0 aliphatic rings. The molecule has 0 aromatic heterocycles. The highest BCUT2D eigenvalue weighted by molar-refractivity contribution is 14.1. The summed E-state index contributed by atoms with van der Waals surface area (Å²) in [6.07, 6.45) is 1.71. The molecule has 0 bridgehead atoms. The maximum Gasteiger partial charge on any atom is 0.258 e. The van der Waals surface area contributed by atoms with Gasteiger partial charge in [-0.1, -0.05) is 31.5 Å². The van der Waals surface area contributed by atoms with E-state index in [0.717, 1.165) is 5.56 Å². The van der Waals surface area contributed by atoms with Gasteiger partial charge in [-0.3, -0.25) is 4.79 Å². The van der Waals surface area contributed by atoms with Gasteiger partial charge in [0.05, 0.1) is 21.3 Å². The number of amides is 1. The van der Waals surface area contributed by atoms with E-state index in [0.29, 0.717) is 27.9 Å². The third-order valence-electron chi connectivity index (χ3n) is 4.39. The molecule has 0 fully saturated rings. The molecule has 3 N–H and O–H groups in total. The molecule has 32 heavy (non-hydrogen) atoms. The number of phenolic OH excluding ortho intramolecular Hbond substituents is 1. The van der Waals surface area contributed by atoms with Crippen LogP contribution in [-0.2, 0) is 14.8 Å². The summed E-state index contributed by atoms with van der Waals surface area (Å²) in [7, 11) is -3.87. The topological polar surface area (TPSA) is 117 Å². The Morgan fingerprint density at radius 1 is 1.25 bits per heavy atom. The van der Waals surface area contributed by atoms with Crippen molar-refractivity contribution in [1.82, 2.24) is 10.1 Å². The summed E-state index contributed by atoms with van der Waals surface area (Å²) in [5, 5.41) is 14.0. The number of ether oxygens (including phenoxy) is 1. The van der Waals surface area contributed by atoms with Gasteiger partial charge in [-0.05, 0) is 78.6 Å². The highest BCUT2D eigenvalue weighted by Gasteiger charge is 2.26. The molecule has 0 aliphatic heterocycles. The molecule has 2 aromatic carbocycles. The number of sulfonamides is 1. The molecule has 10 heteroatoms. The van der Waals surface area contributed by atoms with Crippen LogP contribution in [0.4, 0.5) is 0 Å². The minimum atomic E-state index is -3.87. The fourth-order valence-electron chi connectivity index (χ4n) is 2.84. The van der Waals surface area contributed by atoms with E-state index < -0.39 is 22.0 Å². The first-order chi connectivity index (χ1) is 15.0. The number of aryl methyl sites for hydroxylation is 1. The summed E-state index contributed by atoms with van der Waals surface area (Å²) < 4.78 is 33.9. The van der Waals surface area contributed by atoms with Gasteiger partial charge < -0.3 is 9.84 Å². The predicted molar refractivity (Wildman–Crippen MR) is 132 cm³/mol. The summed E-state index contributed by atoms with van der Waals surface area (Å²) in [6, 6.07) is 8.70. The summed E-state index contributed by atoms with van der Waals surface area (Å²) in [5.41, 5.74) is 3.95. The van der Waals surface area contributed by atoms with Crippen molar-refractivity contribution in [2.45, 2.75) is 45.1 Å². The molecule has 1 amide bonds. The molecule has 0 radical (unpaired) electrons. The second kappa shape index (κ2) is 11.6. The molecule has 0 aliphatic carbocycles. The van der Waals surface area contributed by atoms with Crippen LogP contribution in [0.25, 0.3) is 0 Å². The Kier molecular flexibility index (Phi) is 9.47. The minimum absolute atomic E-state index is 0.0381. The van der Waals surface area contributed by atoms with Crippen LogP contribution in [0.1, 0.15) is 38.3 Å². The Morgan fingerprint density at radius 3 is 2.50 bits per heavy atom. The van der Waals surface area contributed by atoms with Crippen LogP contribution < -0.4 is 14.9 Å². The van der Waals surface area contributed by atoms with Gasteiger partial charge in [0.2, 0.25) is 10.0 Å². The minimum Gasteiger partial charge on any atom is -0.504 e. The number of hydrogen-bond acceptors (Lipinski definition) is 6. The molecule has 174 valence electrons. The summed E-state index contributed by atoms with van der Waals surface area (Å²) in [4.78, 5) is 12.8. The number of aromatic hydroxyl groups is 1. The van der Waals surface area contributed by atoms with Crippen LogP contribution in [0.3, 0.4) is 0 Å². The van der Waals surface area contributed by atoms with Crippen molar-refractivity contribution in [2.75, 3.05) is 6.61 Å². The number of nitrogens with one attached hydrogen (secondary N) is 2. The maximum atomic E-state index is 12.7. The Balaban J connectivity index is 2.15. The smallest absolute Gasteiger partial charge is 0.258 e. The number of rotatable bonds is 10. The lowest BCUT2D eigenvalue weighted by molar-refractivity contribution is -0.123. The summed E-state index contributed by atoms with van der Waals surface area (Å²) >= 11 is 1.97. The lowest BCUT2D eigenvalue weighted by atomic mass is 10.0. The summed E-state index contributed by atoms with van der Waals surface area (Å²) in [5.74, 6) is -0.140. The average Bonchev–Trinajstić information content (AvgIpc) is 2.71. The van der Waals surface area contributed by atoms with E-state index in [1.54, 1.807) is 31.2 Å². The molecule has 0 saturated carbocycles. The van der Waals surface area contributed by atoms with E-state index in [1.807, 2.05) is 43.4 Å². The second-order valence-corrected chi connectivity index (χ2v) is 10.5. The van der Waals surface area contributed by atoms with E-state index in [9.17, 15) is 18.3 Å². The number of nitrogens with zero attached hydrogens (tertiary/aromatic N) is 1. The number of halogens is 1. The van der Waals surface area contributed by atoms with Crippen molar-refractivity contribution in [3.63, 3.8) is 0 Å². The average molecular weight is 573 g/mol. The molecular weight excluding hydrogens is 545 g/mol. The van der Waals surface area contributed by atoms with Crippen LogP contribution in [0.5, 0.6) is 11.5 Å². The van der Waals surface area contributed by atoms with E-state index in [2.05, 4.69) is 15.2 Å². The van der Waals surface area contributed by atoms with Gasteiger partial charge in [-0.15, -0.1) is 0 Å². The Labute approximate surface area is 202 Å². The first-order valence-electron chi connectivity index (χ1n) is 10.1. The van der Waals surface area contributed by atoms with E-state index >= 15 is 0 Å². The van der Waals surface area contributed by atoms with Crippen LogP contribution in [0.2, 0.25) is 0 Å². The van der Waals surface area contributed by atoms with Crippen molar-refractivity contribution < 1.29 is 23.1 Å². The van der Waals surface area contributed by atoms with Crippen LogP contribution in [-0.4, -0.2) is 38.3 Å². The van der Waals surface area contributed by atoms with E-state index in [-0.39, 0.29) is 16.6 Å². The van der Waals surface area contributed by atoms with Crippen LogP contribution in [0.15, 0.2) is 46.4 Å². The van der Waals surface area contributed by atoms with Crippen molar-refractivity contribution >= 4 is 44.7 Å². The molecule has 1 atom stereocenters. The zero-order valence-corrected chi connectivity index (χ0v) is 21.4. The van der Waals surface area contributed by atoms with Gasteiger partial charge >= 0.3 is 0 Å². The molecule has 0 spiro atoms. The first kappa shape index (κ1) is 26.1. The summed E-state index contributed by atoms with van der Waals surface area (Å²) in [6.45, 7) is 7.86. The zero-order valence-electron chi connectivity index (χ0n) is 18.4. The number of hydrazone groups is 1. The van der Waals surface area contributed by atoms with Crippen LogP contribution >= 0.6 is 22.6 Å². The number of phenols is 1.